The van der Waals surface area contributed by atoms with Crippen molar-refractivity contribution in [2.45, 2.75) is 42.9 Å². The third-order valence-corrected chi connectivity index (χ3v) is 6.38. The first-order valence-electron chi connectivity index (χ1n) is 5.53. The molecule has 0 aromatic rings. The minimum Gasteiger partial charge on any atom is -0.205 e. The van der Waals surface area contributed by atoms with E-state index in [1.54, 1.807) is 0 Å². The van der Waals surface area contributed by atoms with E-state index in [1.165, 1.54) is 0 Å². The fourth-order valence-electron chi connectivity index (χ4n) is 1.91. The van der Waals surface area contributed by atoms with Crippen LogP contribution in [0.4, 0.5) is 22.0 Å². The van der Waals surface area contributed by atoms with Crippen LogP contribution in [0.1, 0.15) is 32.1 Å². The number of hydrogen-bond donors (Lipinski definition) is 1. The predicted molar refractivity (Wildman–Crippen MR) is 58.6 cm³/mol. The molecule has 0 unspecified atom stereocenters. The van der Waals surface area contributed by atoms with E-state index in [-0.39, 0.29) is 17.0 Å². The zero-order valence-corrected chi connectivity index (χ0v) is 11.6. The van der Waals surface area contributed by atoms with Crippen LogP contribution in [0, 0.1) is 5.92 Å². The maximum absolute atomic E-state index is 13.7. The van der Waals surface area contributed by atoms with Gasteiger partial charge in [0.25, 0.3) is 10.0 Å². The lowest BCUT2D eigenvalue weighted by atomic mass is 9.89. The minimum absolute atomic E-state index is 0.0796. The number of halogens is 5. The highest BCUT2D eigenvalue weighted by Gasteiger charge is 2.57. The Kier molecular flexibility index (Phi) is 4.71. The molecule has 0 radical (unpaired) electrons. The smallest absolute Gasteiger partial charge is 0.205 e. The molecule has 0 aromatic heterocycles. The van der Waals surface area contributed by atoms with E-state index in [2.05, 4.69) is 0 Å². The molecule has 0 bridgehead atoms. The quantitative estimate of drug-likeness (QED) is 0.790. The maximum atomic E-state index is 13.7. The van der Waals surface area contributed by atoms with Crippen molar-refractivity contribution in [3.05, 3.63) is 0 Å². The van der Waals surface area contributed by atoms with Crippen LogP contribution in [-0.2, 0) is 20.0 Å². The lowest BCUT2D eigenvalue weighted by Gasteiger charge is -2.29. The molecule has 120 valence electrons. The van der Waals surface area contributed by atoms with Crippen LogP contribution in [0.2, 0.25) is 0 Å². The molecular formula is C8H12F5NO4S2. The average Bonchev–Trinajstić information content (AvgIpc) is 2.27. The van der Waals surface area contributed by atoms with Crippen molar-refractivity contribution in [2.24, 2.45) is 5.92 Å². The summed E-state index contributed by atoms with van der Waals surface area (Å²) in [6, 6.07) is 0. The van der Waals surface area contributed by atoms with Gasteiger partial charge in [0.2, 0.25) is 0 Å². The molecule has 0 atom stereocenters. The molecule has 0 aromatic carbocycles. The highest BCUT2D eigenvalue weighted by Crippen LogP contribution is 2.40. The molecule has 20 heavy (non-hydrogen) atoms. The predicted octanol–water partition coefficient (Wildman–Crippen LogP) is 1.93. The third-order valence-electron chi connectivity index (χ3n) is 2.96. The first kappa shape index (κ1) is 17.6. The van der Waals surface area contributed by atoms with Crippen LogP contribution in [0.25, 0.3) is 0 Å². The van der Waals surface area contributed by atoms with E-state index >= 15 is 0 Å². The minimum atomic E-state index is -6.40. The van der Waals surface area contributed by atoms with Gasteiger partial charge in [0, 0.05) is 5.92 Å². The second-order valence-electron chi connectivity index (χ2n) is 4.43. The fraction of sp³-hybridized carbons (Fsp3) is 1.00. The Hall–Kier alpha value is -0.490. The van der Waals surface area contributed by atoms with Crippen molar-refractivity contribution in [3.8, 4) is 0 Å². The van der Waals surface area contributed by atoms with Crippen molar-refractivity contribution in [1.82, 2.24) is 4.13 Å². The SMILES string of the molecule is O=S(=O)(NS(=O)(=O)C(F)(F)C1CCCCC1)C(F)(F)F. The number of hydrogen-bond acceptors (Lipinski definition) is 4. The lowest BCUT2D eigenvalue weighted by molar-refractivity contribution is -0.0443. The molecule has 0 heterocycles. The van der Waals surface area contributed by atoms with E-state index < -0.39 is 36.7 Å². The Morgan fingerprint density at radius 1 is 0.800 bits per heavy atom. The van der Waals surface area contributed by atoms with Crippen LogP contribution in [0.5, 0.6) is 0 Å². The summed E-state index contributed by atoms with van der Waals surface area (Å²) in [6.07, 6.45) is 0.838. The van der Waals surface area contributed by atoms with Crippen molar-refractivity contribution < 1.29 is 38.8 Å². The molecule has 0 aliphatic heterocycles. The molecule has 0 spiro atoms. The van der Waals surface area contributed by atoms with Gasteiger partial charge >= 0.3 is 20.8 Å². The van der Waals surface area contributed by atoms with E-state index in [0.29, 0.717) is 19.3 Å². The van der Waals surface area contributed by atoms with Gasteiger partial charge < -0.3 is 0 Å². The zero-order chi connectivity index (χ0) is 15.8. The van der Waals surface area contributed by atoms with Gasteiger partial charge in [-0.05, 0) is 12.8 Å². The molecule has 1 N–H and O–H groups in total. The van der Waals surface area contributed by atoms with Gasteiger partial charge in [-0.2, -0.15) is 22.0 Å². The molecule has 1 rings (SSSR count). The summed E-state index contributed by atoms with van der Waals surface area (Å²) in [5.74, 6) is -1.70. The normalized spacial score (nSPS) is 20.1. The molecule has 5 nitrogen and oxygen atoms in total. The molecular weight excluding hydrogens is 333 g/mol. The van der Waals surface area contributed by atoms with Crippen molar-refractivity contribution >= 4 is 20.0 Å². The summed E-state index contributed by atoms with van der Waals surface area (Å²) in [4.78, 5) is 0. The Labute approximate surface area is 112 Å². The molecule has 1 aliphatic rings. The average molecular weight is 345 g/mol. The van der Waals surface area contributed by atoms with Gasteiger partial charge in [0.15, 0.2) is 0 Å². The van der Waals surface area contributed by atoms with Crippen LogP contribution < -0.4 is 4.13 Å². The maximum Gasteiger partial charge on any atom is 0.512 e. The van der Waals surface area contributed by atoms with Crippen LogP contribution in [0.3, 0.4) is 0 Å². The Morgan fingerprint density at radius 3 is 1.65 bits per heavy atom. The van der Waals surface area contributed by atoms with Gasteiger partial charge in [-0.25, -0.2) is 16.8 Å². The van der Waals surface area contributed by atoms with E-state index in [1.807, 2.05) is 0 Å². The first-order chi connectivity index (χ1) is 8.81. The second kappa shape index (κ2) is 5.37. The fourth-order valence-corrected chi connectivity index (χ4v) is 4.56. The van der Waals surface area contributed by atoms with Gasteiger partial charge in [0.05, 0.1) is 0 Å². The molecule has 1 aliphatic carbocycles. The van der Waals surface area contributed by atoms with Gasteiger partial charge in [-0.15, -0.1) is 0 Å². The van der Waals surface area contributed by atoms with E-state index in [0.717, 1.165) is 0 Å². The zero-order valence-electron chi connectivity index (χ0n) is 9.95. The van der Waals surface area contributed by atoms with Crippen molar-refractivity contribution in [1.29, 1.82) is 0 Å². The summed E-state index contributed by atoms with van der Waals surface area (Å²) in [5, 5.41) is -4.58. The van der Waals surface area contributed by atoms with Crippen LogP contribution in [0.15, 0.2) is 0 Å². The van der Waals surface area contributed by atoms with Gasteiger partial charge in [0.1, 0.15) is 0 Å². The molecule has 0 saturated heterocycles. The largest absolute Gasteiger partial charge is 0.512 e. The lowest BCUT2D eigenvalue weighted by Crippen LogP contribution is -2.50. The summed E-state index contributed by atoms with van der Waals surface area (Å²) in [6.45, 7) is 0. The number of sulfonamides is 2. The van der Waals surface area contributed by atoms with Crippen molar-refractivity contribution in [2.75, 3.05) is 0 Å². The number of rotatable bonds is 4. The molecule has 0 amide bonds. The summed E-state index contributed by atoms with van der Waals surface area (Å²) in [7, 11) is -12.4. The highest BCUT2D eigenvalue weighted by molar-refractivity contribution is 8.05. The van der Waals surface area contributed by atoms with Gasteiger partial charge in [-0.1, -0.05) is 23.4 Å². The Balaban J connectivity index is 3.04. The molecule has 1 fully saturated rings. The van der Waals surface area contributed by atoms with E-state index in [9.17, 15) is 38.8 Å². The Bertz CT molecular complexity index is 548. The standard InChI is InChI=1S/C8H12F5NO4S2/c9-7(10,6-4-2-1-3-5-6)19(15,16)14-20(17,18)8(11,12)13/h6,14H,1-5H2. The molecule has 1 saturated carbocycles. The molecule has 12 heteroatoms. The van der Waals surface area contributed by atoms with Gasteiger partial charge in [-0.3, -0.25) is 0 Å². The second-order valence-corrected chi connectivity index (χ2v) is 8.12. The summed E-state index contributed by atoms with van der Waals surface area (Å²) < 4.78 is 107. The number of alkyl halides is 5. The van der Waals surface area contributed by atoms with Crippen molar-refractivity contribution in [3.63, 3.8) is 0 Å². The third kappa shape index (κ3) is 3.39. The highest BCUT2D eigenvalue weighted by atomic mass is 32.3. The van der Waals surface area contributed by atoms with Crippen LogP contribution in [-0.4, -0.2) is 27.6 Å². The topological polar surface area (TPSA) is 80.3 Å². The van der Waals surface area contributed by atoms with Crippen LogP contribution >= 0.6 is 0 Å². The monoisotopic (exact) mass is 345 g/mol. The van der Waals surface area contributed by atoms with E-state index in [4.69, 9.17) is 0 Å². The summed E-state index contributed by atoms with van der Waals surface area (Å²) in [5.41, 5.74) is -5.98. The number of nitrogens with one attached hydrogen (secondary N) is 1. The Morgan fingerprint density at radius 2 is 1.25 bits per heavy atom. The summed E-state index contributed by atoms with van der Waals surface area (Å²) >= 11 is 0. The first-order valence-corrected chi connectivity index (χ1v) is 8.50.